The molecule has 16 heavy (non-hydrogen) atoms. The van der Waals surface area contributed by atoms with Crippen molar-refractivity contribution in [1.82, 2.24) is 5.48 Å². The van der Waals surface area contributed by atoms with Crippen LogP contribution in [0.2, 0.25) is 0 Å². The van der Waals surface area contributed by atoms with Crippen molar-refractivity contribution in [2.45, 2.75) is 20.3 Å². The van der Waals surface area contributed by atoms with E-state index in [1.807, 2.05) is 5.48 Å². The lowest BCUT2D eigenvalue weighted by Gasteiger charge is -2.11. The highest BCUT2D eigenvalue weighted by molar-refractivity contribution is 5.95. The molecule has 0 bridgehead atoms. The monoisotopic (exact) mass is 229 g/mol. The molecule has 6 heteroatoms. The first kappa shape index (κ1) is 14.2. The zero-order valence-electron chi connectivity index (χ0n) is 9.32. The van der Waals surface area contributed by atoms with Gasteiger partial charge in [-0.3, -0.25) is 9.59 Å². The van der Waals surface area contributed by atoms with E-state index in [9.17, 15) is 14.4 Å². The molecule has 0 saturated carbocycles. The number of hydrogen-bond donors (Lipinski definition) is 1. The van der Waals surface area contributed by atoms with Gasteiger partial charge < -0.3 is 9.57 Å². The van der Waals surface area contributed by atoms with Gasteiger partial charge in [0.25, 0.3) is 5.91 Å². The van der Waals surface area contributed by atoms with Gasteiger partial charge in [0.1, 0.15) is 0 Å². The van der Waals surface area contributed by atoms with Crippen LogP contribution >= 0.6 is 0 Å². The Hall–Kier alpha value is -1.85. The van der Waals surface area contributed by atoms with Crippen LogP contribution in [0.1, 0.15) is 20.3 Å². The molecule has 1 unspecified atom stereocenters. The lowest BCUT2D eigenvalue weighted by atomic mass is 10.1. The lowest BCUT2D eigenvalue weighted by Crippen LogP contribution is -2.33. The van der Waals surface area contributed by atoms with Crippen molar-refractivity contribution in [1.29, 1.82) is 0 Å². The van der Waals surface area contributed by atoms with Gasteiger partial charge in [0, 0.05) is 0 Å². The van der Waals surface area contributed by atoms with E-state index in [0.29, 0.717) is 0 Å². The molecule has 90 valence electrons. The summed E-state index contributed by atoms with van der Waals surface area (Å²) in [5.41, 5.74) is 1.83. The predicted octanol–water partition coefficient (Wildman–Crippen LogP) is 0.336. The van der Waals surface area contributed by atoms with Crippen molar-refractivity contribution in [2.75, 3.05) is 6.61 Å². The molecule has 0 heterocycles. The van der Waals surface area contributed by atoms with Crippen molar-refractivity contribution in [2.24, 2.45) is 5.92 Å². The number of carbonyl (C=O) groups is 3. The van der Waals surface area contributed by atoms with E-state index in [1.165, 1.54) is 0 Å². The number of nitrogens with one attached hydrogen (secondary N) is 1. The molecule has 0 aliphatic heterocycles. The van der Waals surface area contributed by atoms with Gasteiger partial charge >= 0.3 is 11.9 Å². The van der Waals surface area contributed by atoms with Gasteiger partial charge in [0.15, 0.2) is 5.92 Å². The molecule has 0 aromatic rings. The fourth-order valence-electron chi connectivity index (χ4n) is 0.886. The molecule has 0 spiro atoms. The van der Waals surface area contributed by atoms with Crippen LogP contribution in [0.4, 0.5) is 0 Å². The van der Waals surface area contributed by atoms with Crippen LogP contribution in [0.25, 0.3) is 0 Å². The molecule has 0 radical (unpaired) electrons. The van der Waals surface area contributed by atoms with E-state index in [0.717, 1.165) is 6.08 Å². The molecule has 0 saturated heterocycles. The van der Waals surface area contributed by atoms with Crippen molar-refractivity contribution in [3.05, 3.63) is 12.7 Å². The van der Waals surface area contributed by atoms with Crippen molar-refractivity contribution in [3.63, 3.8) is 0 Å². The Balaban J connectivity index is 4.25. The minimum Gasteiger partial charge on any atom is -0.465 e. The third kappa shape index (κ3) is 4.59. The van der Waals surface area contributed by atoms with E-state index in [-0.39, 0.29) is 13.0 Å². The number of amides is 1. The number of esters is 1. The van der Waals surface area contributed by atoms with Crippen molar-refractivity contribution < 1.29 is 24.0 Å². The van der Waals surface area contributed by atoms with Crippen molar-refractivity contribution in [3.8, 4) is 0 Å². The molecule has 0 fully saturated rings. The van der Waals surface area contributed by atoms with Crippen LogP contribution in [0.15, 0.2) is 12.7 Å². The molecule has 1 atom stereocenters. The fourth-order valence-corrected chi connectivity index (χ4v) is 0.886. The summed E-state index contributed by atoms with van der Waals surface area (Å²) in [6, 6.07) is 0. The van der Waals surface area contributed by atoms with Crippen LogP contribution in [-0.4, -0.2) is 24.5 Å². The molecule has 0 rings (SSSR count). The Morgan fingerprint density at radius 3 is 2.38 bits per heavy atom. The normalized spacial score (nSPS) is 11.1. The first-order valence-corrected chi connectivity index (χ1v) is 4.86. The Bertz CT molecular complexity index is 287. The van der Waals surface area contributed by atoms with Gasteiger partial charge in [0.05, 0.1) is 6.61 Å². The fraction of sp³-hybridized carbons (Fsp3) is 0.500. The Morgan fingerprint density at radius 1 is 1.31 bits per heavy atom. The SMILES string of the molecule is C=CC(=O)NOC(=O)C(CC)C(=O)OCC. The van der Waals surface area contributed by atoms with E-state index in [2.05, 4.69) is 16.2 Å². The molecule has 1 amide bonds. The molecule has 0 aliphatic rings. The zero-order chi connectivity index (χ0) is 12.6. The van der Waals surface area contributed by atoms with Crippen LogP contribution in [0.5, 0.6) is 0 Å². The highest BCUT2D eigenvalue weighted by atomic mass is 16.7. The maximum Gasteiger partial charge on any atom is 0.346 e. The Morgan fingerprint density at radius 2 is 1.94 bits per heavy atom. The van der Waals surface area contributed by atoms with Crippen LogP contribution in [-0.2, 0) is 24.0 Å². The number of hydrogen-bond acceptors (Lipinski definition) is 5. The van der Waals surface area contributed by atoms with Gasteiger partial charge in [-0.2, -0.15) is 5.48 Å². The number of carbonyl (C=O) groups excluding carboxylic acids is 3. The minimum atomic E-state index is -1.02. The Labute approximate surface area is 93.5 Å². The maximum absolute atomic E-state index is 11.3. The summed E-state index contributed by atoms with van der Waals surface area (Å²) in [4.78, 5) is 37.7. The highest BCUT2D eigenvalue weighted by Gasteiger charge is 2.28. The molecular weight excluding hydrogens is 214 g/mol. The third-order valence-electron chi connectivity index (χ3n) is 1.70. The highest BCUT2D eigenvalue weighted by Crippen LogP contribution is 2.07. The van der Waals surface area contributed by atoms with Gasteiger partial charge in [-0.15, -0.1) is 0 Å². The van der Waals surface area contributed by atoms with Gasteiger partial charge in [-0.1, -0.05) is 13.5 Å². The third-order valence-corrected chi connectivity index (χ3v) is 1.70. The summed E-state index contributed by atoms with van der Waals surface area (Å²) in [7, 11) is 0. The summed E-state index contributed by atoms with van der Waals surface area (Å²) in [5.74, 6) is -3.20. The Kier molecular flexibility index (Phi) is 6.58. The van der Waals surface area contributed by atoms with Crippen LogP contribution in [0.3, 0.4) is 0 Å². The lowest BCUT2D eigenvalue weighted by molar-refractivity contribution is -0.169. The van der Waals surface area contributed by atoms with E-state index < -0.39 is 23.8 Å². The number of ether oxygens (including phenoxy) is 1. The summed E-state index contributed by atoms with van der Waals surface area (Å²) in [6.45, 7) is 6.63. The molecule has 1 N–H and O–H groups in total. The first-order chi connectivity index (χ1) is 7.56. The predicted molar refractivity (Wildman–Crippen MR) is 54.8 cm³/mol. The van der Waals surface area contributed by atoms with Gasteiger partial charge in [-0.25, -0.2) is 4.79 Å². The average molecular weight is 229 g/mol. The quantitative estimate of drug-likeness (QED) is 0.318. The average Bonchev–Trinajstić information content (AvgIpc) is 2.27. The van der Waals surface area contributed by atoms with Gasteiger partial charge in [0.2, 0.25) is 0 Å². The molecule has 0 aromatic heterocycles. The smallest absolute Gasteiger partial charge is 0.346 e. The number of rotatable bonds is 5. The molecule has 6 nitrogen and oxygen atoms in total. The van der Waals surface area contributed by atoms with E-state index >= 15 is 0 Å². The topological polar surface area (TPSA) is 81.7 Å². The standard InChI is InChI=1S/C10H15NO5/c1-4-7(9(13)15-6-3)10(14)16-11-8(12)5-2/h5,7H,2,4,6H2,1,3H3,(H,11,12). The van der Waals surface area contributed by atoms with Crippen LogP contribution in [0, 0.1) is 5.92 Å². The summed E-state index contributed by atoms with van der Waals surface area (Å²) in [5, 5.41) is 0. The second-order valence-corrected chi connectivity index (χ2v) is 2.80. The second-order valence-electron chi connectivity index (χ2n) is 2.80. The number of hydroxylamine groups is 1. The molecule has 0 aromatic carbocycles. The van der Waals surface area contributed by atoms with Crippen molar-refractivity contribution >= 4 is 17.8 Å². The van der Waals surface area contributed by atoms with E-state index in [4.69, 9.17) is 0 Å². The molecular formula is C10H15NO5. The second kappa shape index (κ2) is 7.44. The summed E-state index contributed by atoms with van der Waals surface area (Å²) >= 11 is 0. The summed E-state index contributed by atoms with van der Waals surface area (Å²) < 4.78 is 4.68. The minimum absolute atomic E-state index is 0.182. The zero-order valence-corrected chi connectivity index (χ0v) is 9.32. The van der Waals surface area contributed by atoms with Gasteiger partial charge in [-0.05, 0) is 19.4 Å². The summed E-state index contributed by atoms with van der Waals surface area (Å²) in [6.07, 6.45) is 1.18. The van der Waals surface area contributed by atoms with E-state index in [1.54, 1.807) is 13.8 Å². The maximum atomic E-state index is 11.3. The first-order valence-electron chi connectivity index (χ1n) is 4.86. The molecule has 0 aliphatic carbocycles. The largest absolute Gasteiger partial charge is 0.465 e. The van der Waals surface area contributed by atoms with Crippen LogP contribution < -0.4 is 5.48 Å².